The SMILES string of the molecule is COC(=O)c1cc(NC(=O)c2c(Oc3ccc(OC(F)(F)F)cc3OC)ccc(OC(F)(F)F)c2F)ccn1. The van der Waals surface area contributed by atoms with Crippen LogP contribution in [0.3, 0.4) is 0 Å². The third-order valence-electron chi connectivity index (χ3n) is 4.52. The lowest BCUT2D eigenvalue weighted by atomic mass is 10.1. The molecule has 0 spiro atoms. The van der Waals surface area contributed by atoms with Gasteiger partial charge in [-0.3, -0.25) is 4.79 Å². The van der Waals surface area contributed by atoms with Gasteiger partial charge in [0.2, 0.25) is 0 Å². The molecule has 0 unspecified atom stereocenters. The summed E-state index contributed by atoms with van der Waals surface area (Å²) in [5.74, 6) is -7.52. The molecule has 1 heterocycles. The maximum Gasteiger partial charge on any atom is 0.573 e. The third-order valence-corrected chi connectivity index (χ3v) is 4.52. The first kappa shape index (κ1) is 28.8. The summed E-state index contributed by atoms with van der Waals surface area (Å²) in [4.78, 5) is 28.4. The van der Waals surface area contributed by atoms with E-state index in [0.29, 0.717) is 6.07 Å². The topological polar surface area (TPSA) is 105 Å². The van der Waals surface area contributed by atoms with E-state index in [1.54, 1.807) is 0 Å². The zero-order chi connectivity index (χ0) is 29.0. The van der Waals surface area contributed by atoms with Crippen molar-refractivity contribution in [3.8, 4) is 28.7 Å². The van der Waals surface area contributed by atoms with Gasteiger partial charge >= 0.3 is 18.7 Å². The number of methoxy groups -OCH3 is 2. The molecule has 0 fully saturated rings. The fourth-order valence-electron chi connectivity index (χ4n) is 3.01. The number of pyridine rings is 1. The second-order valence-corrected chi connectivity index (χ2v) is 7.14. The predicted molar refractivity (Wildman–Crippen MR) is 116 cm³/mol. The van der Waals surface area contributed by atoms with Crippen molar-refractivity contribution >= 4 is 17.6 Å². The van der Waals surface area contributed by atoms with Gasteiger partial charge in [0.25, 0.3) is 5.91 Å². The first-order valence-electron chi connectivity index (χ1n) is 10.3. The number of hydrogen-bond donors (Lipinski definition) is 1. The summed E-state index contributed by atoms with van der Waals surface area (Å²) in [5, 5.41) is 2.18. The molecule has 0 aliphatic rings. The highest BCUT2D eigenvalue weighted by Crippen LogP contribution is 2.40. The number of carbonyl (C=O) groups excluding carboxylic acids is 2. The first-order chi connectivity index (χ1) is 18.2. The van der Waals surface area contributed by atoms with Crippen LogP contribution in [0.15, 0.2) is 48.7 Å². The Hall–Kier alpha value is -4.76. The molecule has 0 aliphatic heterocycles. The van der Waals surface area contributed by atoms with Gasteiger partial charge in [0, 0.05) is 18.0 Å². The van der Waals surface area contributed by atoms with Crippen LogP contribution < -0.4 is 24.3 Å². The van der Waals surface area contributed by atoms with Gasteiger partial charge in [-0.15, -0.1) is 26.3 Å². The van der Waals surface area contributed by atoms with Crippen molar-refractivity contribution in [3.05, 3.63) is 65.7 Å². The summed E-state index contributed by atoms with van der Waals surface area (Å²) >= 11 is 0. The molecule has 3 rings (SSSR count). The Bertz CT molecular complexity index is 1380. The molecule has 9 nitrogen and oxygen atoms in total. The monoisotopic (exact) mass is 564 g/mol. The van der Waals surface area contributed by atoms with Gasteiger partial charge in [0.15, 0.2) is 23.1 Å². The molecule has 16 heteroatoms. The van der Waals surface area contributed by atoms with Crippen molar-refractivity contribution in [1.29, 1.82) is 0 Å². The molecule has 1 N–H and O–H groups in total. The number of benzene rings is 2. The summed E-state index contributed by atoms with van der Waals surface area (Å²) in [5.41, 5.74) is -1.48. The Morgan fingerprint density at radius 2 is 1.46 bits per heavy atom. The van der Waals surface area contributed by atoms with Crippen molar-refractivity contribution in [2.45, 2.75) is 12.7 Å². The number of hydrogen-bond acceptors (Lipinski definition) is 8. The molecule has 208 valence electrons. The number of amides is 1. The highest BCUT2D eigenvalue weighted by atomic mass is 19.4. The molecule has 39 heavy (non-hydrogen) atoms. The van der Waals surface area contributed by atoms with Crippen molar-refractivity contribution in [3.63, 3.8) is 0 Å². The van der Waals surface area contributed by atoms with Gasteiger partial charge in [-0.1, -0.05) is 0 Å². The maximum absolute atomic E-state index is 15.2. The Morgan fingerprint density at radius 3 is 2.08 bits per heavy atom. The normalized spacial score (nSPS) is 11.4. The molecule has 0 atom stereocenters. The molecule has 0 bridgehead atoms. The molecule has 1 aromatic heterocycles. The highest BCUT2D eigenvalue weighted by Gasteiger charge is 2.35. The fourth-order valence-corrected chi connectivity index (χ4v) is 3.01. The Labute approximate surface area is 214 Å². The number of aromatic nitrogens is 1. The average Bonchev–Trinajstić information content (AvgIpc) is 2.84. The van der Waals surface area contributed by atoms with Gasteiger partial charge < -0.3 is 29.0 Å². The second-order valence-electron chi connectivity index (χ2n) is 7.14. The minimum absolute atomic E-state index is 0.130. The molecule has 0 radical (unpaired) electrons. The summed E-state index contributed by atoms with van der Waals surface area (Å²) in [6, 6.07) is 6.00. The van der Waals surface area contributed by atoms with E-state index in [1.165, 1.54) is 6.07 Å². The number of nitrogens with one attached hydrogen (secondary N) is 1. The van der Waals surface area contributed by atoms with Crippen LogP contribution in [-0.2, 0) is 4.74 Å². The number of ether oxygens (including phenoxy) is 5. The van der Waals surface area contributed by atoms with Crippen LogP contribution in [0.25, 0.3) is 0 Å². The predicted octanol–water partition coefficient (Wildman–Crippen LogP) is 5.86. The minimum atomic E-state index is -5.32. The van der Waals surface area contributed by atoms with Gasteiger partial charge in [0.1, 0.15) is 22.8 Å². The van der Waals surface area contributed by atoms with E-state index in [0.717, 1.165) is 50.7 Å². The number of esters is 1. The highest BCUT2D eigenvalue weighted by molar-refractivity contribution is 6.07. The Kier molecular flexibility index (Phi) is 8.36. The largest absolute Gasteiger partial charge is 0.573 e. The van der Waals surface area contributed by atoms with E-state index in [1.807, 2.05) is 0 Å². The molecule has 3 aromatic rings. The van der Waals surface area contributed by atoms with Crippen LogP contribution in [0.5, 0.6) is 28.7 Å². The smallest absolute Gasteiger partial charge is 0.493 e. The zero-order valence-electron chi connectivity index (χ0n) is 19.6. The lowest BCUT2D eigenvalue weighted by Gasteiger charge is -2.17. The summed E-state index contributed by atoms with van der Waals surface area (Å²) in [6.07, 6.45) is -9.26. The molecule has 1 amide bonds. The Balaban J connectivity index is 2.04. The molecular weight excluding hydrogens is 549 g/mol. The first-order valence-corrected chi connectivity index (χ1v) is 10.3. The average molecular weight is 564 g/mol. The molecular formula is C23H15F7N2O7. The van der Waals surface area contributed by atoms with Crippen molar-refractivity contribution in [2.75, 3.05) is 19.5 Å². The number of anilines is 1. The Morgan fingerprint density at radius 1 is 0.821 bits per heavy atom. The second kappa shape index (κ2) is 11.3. The fraction of sp³-hybridized carbons (Fsp3) is 0.174. The number of rotatable bonds is 8. The third kappa shape index (κ3) is 7.62. The van der Waals surface area contributed by atoms with Crippen molar-refractivity contribution in [2.24, 2.45) is 0 Å². The van der Waals surface area contributed by atoms with Gasteiger partial charge in [-0.05, 0) is 36.4 Å². The van der Waals surface area contributed by atoms with Crippen LogP contribution in [0.2, 0.25) is 0 Å². The standard InChI is InChI=1S/C23H15F7N2O7/c1-35-17-10-12(38-22(25,26)27)3-4-14(17)37-15-5-6-16(39-23(28,29)30)19(24)18(15)20(33)32-11-7-8-31-13(9-11)21(34)36-2/h3-10H,1-2H3,(H,31,32,33). The number of alkyl halides is 6. The van der Waals surface area contributed by atoms with E-state index in [4.69, 9.17) is 9.47 Å². The van der Waals surface area contributed by atoms with E-state index < -0.39 is 53.2 Å². The summed E-state index contributed by atoms with van der Waals surface area (Å²) < 4.78 is 113. The van der Waals surface area contributed by atoms with Gasteiger partial charge in [-0.25, -0.2) is 14.2 Å². The van der Waals surface area contributed by atoms with Gasteiger partial charge in [0.05, 0.1) is 14.2 Å². The number of halogens is 7. The van der Waals surface area contributed by atoms with E-state index in [9.17, 15) is 35.9 Å². The van der Waals surface area contributed by atoms with Crippen LogP contribution in [0.4, 0.5) is 36.4 Å². The lowest BCUT2D eigenvalue weighted by Crippen LogP contribution is -2.20. The molecule has 0 saturated heterocycles. The lowest BCUT2D eigenvalue weighted by molar-refractivity contribution is -0.276. The van der Waals surface area contributed by atoms with Crippen molar-refractivity contribution < 1.29 is 64.0 Å². The number of carbonyl (C=O) groups is 2. The molecule has 0 aliphatic carbocycles. The summed E-state index contributed by atoms with van der Waals surface area (Å²) in [7, 11) is 2.12. The summed E-state index contributed by atoms with van der Waals surface area (Å²) in [6.45, 7) is 0. The van der Waals surface area contributed by atoms with E-state index in [2.05, 4.69) is 24.5 Å². The van der Waals surface area contributed by atoms with E-state index in [-0.39, 0.29) is 22.9 Å². The number of nitrogens with zero attached hydrogens (tertiary/aromatic N) is 1. The molecule has 0 saturated carbocycles. The maximum atomic E-state index is 15.2. The van der Waals surface area contributed by atoms with Crippen LogP contribution >= 0.6 is 0 Å². The van der Waals surface area contributed by atoms with Crippen molar-refractivity contribution in [1.82, 2.24) is 4.98 Å². The van der Waals surface area contributed by atoms with E-state index >= 15 is 4.39 Å². The molecule has 2 aromatic carbocycles. The minimum Gasteiger partial charge on any atom is -0.493 e. The quantitative estimate of drug-likeness (QED) is 0.268. The zero-order valence-corrected chi connectivity index (χ0v) is 19.6. The van der Waals surface area contributed by atoms with Gasteiger partial charge in [-0.2, -0.15) is 0 Å². The van der Waals surface area contributed by atoms with Crippen LogP contribution in [0, 0.1) is 5.82 Å². The van der Waals surface area contributed by atoms with Crippen LogP contribution in [-0.4, -0.2) is 43.8 Å². The van der Waals surface area contributed by atoms with Crippen LogP contribution in [0.1, 0.15) is 20.8 Å².